The zero-order valence-corrected chi connectivity index (χ0v) is 12.8. The van der Waals surface area contributed by atoms with Crippen LogP contribution in [0, 0.1) is 0 Å². The number of hydrogen-bond donors (Lipinski definition) is 1. The summed E-state index contributed by atoms with van der Waals surface area (Å²) in [6.45, 7) is 8.51. The van der Waals surface area contributed by atoms with Crippen molar-refractivity contribution >= 4 is 0 Å². The Morgan fingerprint density at radius 2 is 1.90 bits per heavy atom. The summed E-state index contributed by atoms with van der Waals surface area (Å²) >= 11 is 0. The minimum absolute atomic E-state index is 0.574. The highest BCUT2D eigenvalue weighted by Crippen LogP contribution is 2.26. The predicted octanol–water partition coefficient (Wildman–Crippen LogP) is 3.89. The maximum absolute atomic E-state index is 4.38. The molecular weight excluding hydrogens is 246 g/mol. The summed E-state index contributed by atoms with van der Waals surface area (Å²) < 4.78 is 2.25. The van der Waals surface area contributed by atoms with E-state index in [1.807, 2.05) is 12.5 Å². The Hall–Kier alpha value is -1.61. The maximum Gasteiger partial charge on any atom is 0.0994 e. The Kier molecular flexibility index (Phi) is 5.36. The lowest BCUT2D eigenvalue weighted by Crippen LogP contribution is -2.14. The lowest BCUT2D eigenvalue weighted by molar-refractivity contribution is 0.610. The second-order valence-corrected chi connectivity index (χ2v) is 5.11. The Bertz CT molecular complexity index is 527. The highest BCUT2D eigenvalue weighted by molar-refractivity contribution is 5.42. The van der Waals surface area contributed by atoms with Gasteiger partial charge in [-0.1, -0.05) is 39.0 Å². The van der Waals surface area contributed by atoms with Gasteiger partial charge in [0.25, 0.3) is 0 Å². The van der Waals surface area contributed by atoms with Crippen LogP contribution in [0.2, 0.25) is 0 Å². The quantitative estimate of drug-likeness (QED) is 0.828. The molecule has 0 amide bonds. The van der Waals surface area contributed by atoms with Crippen LogP contribution in [-0.4, -0.2) is 16.1 Å². The van der Waals surface area contributed by atoms with Crippen molar-refractivity contribution < 1.29 is 0 Å². The molecule has 0 aliphatic heterocycles. The number of nitrogens with one attached hydrogen (secondary N) is 1. The highest BCUT2D eigenvalue weighted by atomic mass is 15.1. The van der Waals surface area contributed by atoms with Crippen LogP contribution >= 0.6 is 0 Å². The summed E-state index contributed by atoms with van der Waals surface area (Å²) in [6, 6.07) is 8.57. The summed E-state index contributed by atoms with van der Waals surface area (Å²) in [6.07, 6.45) is 6.26. The van der Waals surface area contributed by atoms with Crippen LogP contribution in [0.5, 0.6) is 0 Å². The van der Waals surface area contributed by atoms with Gasteiger partial charge in [0.15, 0.2) is 0 Å². The van der Waals surface area contributed by atoms with Crippen molar-refractivity contribution in [1.82, 2.24) is 14.9 Å². The van der Waals surface area contributed by atoms with Crippen molar-refractivity contribution in [1.29, 1.82) is 0 Å². The molecule has 0 spiro atoms. The fourth-order valence-corrected chi connectivity index (χ4v) is 2.67. The largest absolute Gasteiger partial charge is 0.313 e. The Balaban J connectivity index is 2.39. The summed E-state index contributed by atoms with van der Waals surface area (Å²) in [4.78, 5) is 4.38. The molecule has 0 atom stereocenters. The van der Waals surface area contributed by atoms with Crippen LogP contribution in [-0.2, 0) is 6.54 Å². The van der Waals surface area contributed by atoms with E-state index in [2.05, 4.69) is 59.9 Å². The molecule has 0 fully saturated rings. The van der Waals surface area contributed by atoms with Crippen LogP contribution in [0.1, 0.15) is 50.8 Å². The minimum atomic E-state index is 0.574. The second kappa shape index (κ2) is 7.25. The number of rotatable bonds is 7. The smallest absolute Gasteiger partial charge is 0.0994 e. The first-order valence-electron chi connectivity index (χ1n) is 7.62. The molecule has 2 rings (SSSR count). The average molecular weight is 271 g/mol. The fourth-order valence-electron chi connectivity index (χ4n) is 2.67. The molecule has 0 radical (unpaired) electrons. The van der Waals surface area contributed by atoms with Crippen molar-refractivity contribution in [3.05, 3.63) is 48.0 Å². The van der Waals surface area contributed by atoms with Crippen molar-refractivity contribution in [3.8, 4) is 5.69 Å². The van der Waals surface area contributed by atoms with Gasteiger partial charge in [0, 0.05) is 24.4 Å². The molecule has 1 aromatic carbocycles. The van der Waals surface area contributed by atoms with Crippen LogP contribution < -0.4 is 5.32 Å². The number of nitrogens with zero attached hydrogens (tertiary/aromatic N) is 2. The van der Waals surface area contributed by atoms with Crippen molar-refractivity contribution in [2.24, 2.45) is 0 Å². The van der Waals surface area contributed by atoms with Gasteiger partial charge in [-0.05, 0) is 31.0 Å². The van der Waals surface area contributed by atoms with Gasteiger partial charge in [0.1, 0.15) is 0 Å². The van der Waals surface area contributed by atoms with E-state index in [0.717, 1.165) is 25.9 Å². The zero-order valence-electron chi connectivity index (χ0n) is 12.8. The molecule has 3 heteroatoms. The molecule has 108 valence electrons. The average Bonchev–Trinajstić information content (AvgIpc) is 2.96. The van der Waals surface area contributed by atoms with Gasteiger partial charge in [-0.2, -0.15) is 0 Å². The predicted molar refractivity (Wildman–Crippen MR) is 84.3 cm³/mol. The van der Waals surface area contributed by atoms with Crippen LogP contribution in [0.4, 0.5) is 0 Å². The summed E-state index contributed by atoms with van der Waals surface area (Å²) in [5, 5.41) is 3.41. The third-order valence-electron chi connectivity index (χ3n) is 3.89. The van der Waals surface area contributed by atoms with E-state index in [9.17, 15) is 0 Å². The van der Waals surface area contributed by atoms with E-state index in [1.54, 1.807) is 0 Å². The molecule has 3 nitrogen and oxygen atoms in total. The fraction of sp³-hybridized carbons (Fsp3) is 0.471. The van der Waals surface area contributed by atoms with Crippen molar-refractivity contribution in [2.45, 2.75) is 46.1 Å². The topological polar surface area (TPSA) is 29.9 Å². The monoisotopic (exact) mass is 271 g/mol. The van der Waals surface area contributed by atoms with E-state index >= 15 is 0 Å². The molecule has 1 aromatic heterocycles. The SMILES string of the molecule is CCNCc1ccccc1-n1cncc1C(CC)CC. The Morgan fingerprint density at radius 1 is 1.15 bits per heavy atom. The lowest BCUT2D eigenvalue weighted by atomic mass is 9.99. The molecule has 2 aromatic rings. The van der Waals surface area contributed by atoms with E-state index in [-0.39, 0.29) is 0 Å². The van der Waals surface area contributed by atoms with Gasteiger partial charge in [-0.15, -0.1) is 0 Å². The molecule has 0 aliphatic rings. The van der Waals surface area contributed by atoms with Gasteiger partial charge >= 0.3 is 0 Å². The maximum atomic E-state index is 4.38. The van der Waals surface area contributed by atoms with Crippen molar-refractivity contribution in [2.75, 3.05) is 6.54 Å². The van der Waals surface area contributed by atoms with E-state index < -0.39 is 0 Å². The first-order valence-corrected chi connectivity index (χ1v) is 7.62. The molecule has 0 unspecified atom stereocenters. The Morgan fingerprint density at radius 3 is 2.60 bits per heavy atom. The zero-order chi connectivity index (χ0) is 14.4. The first-order chi connectivity index (χ1) is 9.81. The van der Waals surface area contributed by atoms with E-state index in [4.69, 9.17) is 0 Å². The number of para-hydroxylation sites is 1. The van der Waals surface area contributed by atoms with Gasteiger partial charge in [0.05, 0.1) is 12.0 Å². The molecule has 1 N–H and O–H groups in total. The van der Waals surface area contributed by atoms with E-state index in [1.165, 1.54) is 16.9 Å². The van der Waals surface area contributed by atoms with Crippen LogP contribution in [0.25, 0.3) is 5.69 Å². The third-order valence-corrected chi connectivity index (χ3v) is 3.89. The molecule has 0 aliphatic carbocycles. The first kappa shape index (κ1) is 14.8. The molecule has 0 saturated heterocycles. The highest BCUT2D eigenvalue weighted by Gasteiger charge is 2.14. The molecule has 20 heavy (non-hydrogen) atoms. The minimum Gasteiger partial charge on any atom is -0.313 e. The van der Waals surface area contributed by atoms with Crippen LogP contribution in [0.15, 0.2) is 36.8 Å². The summed E-state index contributed by atoms with van der Waals surface area (Å²) in [5.74, 6) is 0.574. The standard InChI is InChI=1S/C17H25N3/c1-4-14(5-2)17-12-19-13-20(17)16-10-8-7-9-15(16)11-18-6-3/h7-10,12-14,18H,4-6,11H2,1-3H3. The molecular formula is C17H25N3. The molecule has 1 heterocycles. The summed E-state index contributed by atoms with van der Waals surface area (Å²) in [7, 11) is 0. The number of benzene rings is 1. The lowest BCUT2D eigenvalue weighted by Gasteiger charge is -2.18. The van der Waals surface area contributed by atoms with E-state index in [0.29, 0.717) is 5.92 Å². The van der Waals surface area contributed by atoms with Crippen molar-refractivity contribution in [3.63, 3.8) is 0 Å². The van der Waals surface area contributed by atoms with Crippen LogP contribution in [0.3, 0.4) is 0 Å². The Labute approximate surface area is 122 Å². The van der Waals surface area contributed by atoms with Gasteiger partial charge < -0.3 is 9.88 Å². The third kappa shape index (κ3) is 3.10. The normalized spacial score (nSPS) is 11.2. The van der Waals surface area contributed by atoms with Gasteiger partial charge in [-0.3, -0.25) is 0 Å². The second-order valence-electron chi connectivity index (χ2n) is 5.11. The van der Waals surface area contributed by atoms with Gasteiger partial charge in [0.2, 0.25) is 0 Å². The summed E-state index contributed by atoms with van der Waals surface area (Å²) in [5.41, 5.74) is 3.88. The number of aromatic nitrogens is 2. The number of imidazole rings is 1. The number of hydrogen-bond acceptors (Lipinski definition) is 2. The molecule has 0 saturated carbocycles. The van der Waals surface area contributed by atoms with Gasteiger partial charge in [-0.25, -0.2) is 4.98 Å². The molecule has 0 bridgehead atoms.